The first kappa shape index (κ1) is 17.2. The van der Waals surface area contributed by atoms with Crippen LogP contribution >= 0.6 is 11.8 Å². The third kappa shape index (κ3) is 8.12. The van der Waals surface area contributed by atoms with Crippen LogP contribution in [0.3, 0.4) is 0 Å². The normalized spacial score (nSPS) is 12.1. The van der Waals surface area contributed by atoms with Gasteiger partial charge in [-0.3, -0.25) is 0 Å². The van der Waals surface area contributed by atoms with Gasteiger partial charge >= 0.3 is 10.2 Å². The van der Waals surface area contributed by atoms with Crippen molar-refractivity contribution in [3.8, 4) is 0 Å². The van der Waals surface area contributed by atoms with Crippen molar-refractivity contribution in [2.75, 3.05) is 5.75 Å². The zero-order valence-electron chi connectivity index (χ0n) is 11.1. The van der Waals surface area contributed by atoms with Gasteiger partial charge in [0.25, 0.3) is 0 Å². The summed E-state index contributed by atoms with van der Waals surface area (Å²) in [4.78, 5) is 7.85. The summed E-state index contributed by atoms with van der Waals surface area (Å²) in [6, 6.07) is 3.59. The Kier molecular flexibility index (Phi) is 6.39. The number of nitrogens with zero attached hydrogens (tertiary/aromatic N) is 3. The van der Waals surface area contributed by atoms with E-state index in [4.69, 9.17) is 22.3 Å². The van der Waals surface area contributed by atoms with Gasteiger partial charge in [0.1, 0.15) is 5.84 Å². The van der Waals surface area contributed by atoms with E-state index < -0.39 is 10.2 Å². The lowest BCUT2D eigenvalue weighted by Gasteiger charge is -2.03. The van der Waals surface area contributed by atoms with Gasteiger partial charge in [-0.25, -0.2) is 10.1 Å². The fourth-order valence-electron chi connectivity index (χ4n) is 1.32. The Morgan fingerprint density at radius 3 is 2.67 bits per heavy atom. The molecule has 8 N–H and O–H groups in total. The SMILES string of the molecule is NC(N)=Nc1cc(CSCCC(N)=NS(N)(=O)=O)ccn1. The van der Waals surface area contributed by atoms with Gasteiger partial charge < -0.3 is 17.2 Å². The summed E-state index contributed by atoms with van der Waals surface area (Å²) in [5.41, 5.74) is 17.0. The summed E-state index contributed by atoms with van der Waals surface area (Å²) in [5, 5.41) is 4.75. The minimum atomic E-state index is -3.92. The van der Waals surface area contributed by atoms with E-state index in [1.54, 1.807) is 24.0 Å². The quantitative estimate of drug-likeness (QED) is 0.286. The highest BCUT2D eigenvalue weighted by atomic mass is 32.2. The molecule has 0 aliphatic rings. The minimum Gasteiger partial charge on any atom is -0.386 e. The van der Waals surface area contributed by atoms with Gasteiger partial charge in [0.2, 0.25) is 0 Å². The molecule has 0 atom stereocenters. The van der Waals surface area contributed by atoms with Gasteiger partial charge in [-0.15, -0.1) is 4.40 Å². The first-order valence-electron chi connectivity index (χ1n) is 5.75. The summed E-state index contributed by atoms with van der Waals surface area (Å²) in [6.07, 6.45) is 1.93. The van der Waals surface area contributed by atoms with Gasteiger partial charge in [0.05, 0.1) is 0 Å². The largest absolute Gasteiger partial charge is 0.386 e. The molecule has 1 aromatic rings. The van der Waals surface area contributed by atoms with E-state index in [-0.39, 0.29) is 11.8 Å². The van der Waals surface area contributed by atoms with Gasteiger partial charge in [-0.2, -0.15) is 25.2 Å². The number of thioether (sulfide) groups is 1. The van der Waals surface area contributed by atoms with Gasteiger partial charge in [-0.05, 0) is 17.7 Å². The molecule has 0 amide bonds. The van der Waals surface area contributed by atoms with Crippen LogP contribution in [0.25, 0.3) is 0 Å². The number of hydrogen-bond acceptors (Lipinski definition) is 5. The Labute approximate surface area is 127 Å². The van der Waals surface area contributed by atoms with Crippen LogP contribution in [-0.2, 0) is 16.0 Å². The molecule has 0 fully saturated rings. The van der Waals surface area contributed by atoms with Crippen LogP contribution in [0.15, 0.2) is 27.7 Å². The highest BCUT2D eigenvalue weighted by molar-refractivity contribution is 7.98. The Bertz CT molecular complexity index is 639. The summed E-state index contributed by atoms with van der Waals surface area (Å²) < 4.78 is 24.5. The summed E-state index contributed by atoms with van der Waals surface area (Å²) >= 11 is 1.55. The van der Waals surface area contributed by atoms with E-state index in [2.05, 4.69) is 14.4 Å². The predicted molar refractivity (Wildman–Crippen MR) is 85.2 cm³/mol. The number of rotatable bonds is 7. The number of hydrogen-bond donors (Lipinski definition) is 4. The van der Waals surface area contributed by atoms with Crippen molar-refractivity contribution in [2.45, 2.75) is 12.2 Å². The molecule has 0 radical (unpaired) electrons. The van der Waals surface area contributed by atoms with Crippen molar-refractivity contribution in [3.63, 3.8) is 0 Å². The smallest absolute Gasteiger partial charge is 0.318 e. The fourth-order valence-corrected chi connectivity index (χ4v) is 2.65. The van der Waals surface area contributed by atoms with Crippen LogP contribution in [0.1, 0.15) is 12.0 Å². The van der Waals surface area contributed by atoms with Crippen molar-refractivity contribution >= 4 is 39.6 Å². The van der Waals surface area contributed by atoms with Gasteiger partial charge in [0, 0.05) is 24.1 Å². The molecule has 116 valence electrons. The molecule has 0 aromatic carbocycles. The molecule has 1 aromatic heterocycles. The standard InChI is InChI=1S/C10H17N7O2S2/c11-8(17-21(14,18)19)2-4-20-6-7-1-3-15-9(5-7)16-10(12)13/h1,3,5H,2,4,6H2,(H2,11,17)(H2,14,18,19)(H4,12,13,15,16). The zero-order chi connectivity index (χ0) is 15.9. The molecule has 1 rings (SSSR count). The molecule has 0 unspecified atom stereocenters. The number of aliphatic imine (C=N–C) groups is 1. The topological polar surface area (TPSA) is 176 Å². The van der Waals surface area contributed by atoms with E-state index in [0.717, 1.165) is 5.56 Å². The molecular weight excluding hydrogens is 314 g/mol. The van der Waals surface area contributed by atoms with Crippen molar-refractivity contribution in [2.24, 2.45) is 31.7 Å². The van der Waals surface area contributed by atoms with Crippen molar-refractivity contribution in [1.29, 1.82) is 0 Å². The monoisotopic (exact) mass is 331 g/mol. The second kappa shape index (κ2) is 7.81. The zero-order valence-corrected chi connectivity index (χ0v) is 12.8. The molecule has 0 aliphatic carbocycles. The molecular formula is C10H17N7O2S2. The Hall–Kier alpha value is -1.85. The third-order valence-corrected chi connectivity index (χ3v) is 3.59. The first-order chi connectivity index (χ1) is 9.76. The average Bonchev–Trinajstić information content (AvgIpc) is 2.32. The lowest BCUT2D eigenvalue weighted by molar-refractivity contribution is 0.599. The van der Waals surface area contributed by atoms with E-state index in [1.165, 1.54) is 0 Å². The van der Waals surface area contributed by atoms with Crippen molar-refractivity contribution in [1.82, 2.24) is 4.98 Å². The lowest BCUT2D eigenvalue weighted by Crippen LogP contribution is -2.22. The maximum absolute atomic E-state index is 10.7. The summed E-state index contributed by atoms with van der Waals surface area (Å²) in [7, 11) is -3.92. The molecule has 0 aliphatic heterocycles. The fraction of sp³-hybridized carbons (Fsp3) is 0.300. The van der Waals surface area contributed by atoms with Crippen molar-refractivity contribution in [3.05, 3.63) is 23.9 Å². The third-order valence-electron chi connectivity index (χ3n) is 2.07. The Morgan fingerprint density at radius 1 is 1.33 bits per heavy atom. The van der Waals surface area contributed by atoms with Crippen LogP contribution in [0.5, 0.6) is 0 Å². The second-order valence-corrected chi connectivity index (χ2v) is 6.28. The number of aromatic nitrogens is 1. The molecule has 9 nitrogen and oxygen atoms in total. The number of guanidine groups is 1. The van der Waals surface area contributed by atoms with E-state index in [9.17, 15) is 8.42 Å². The summed E-state index contributed by atoms with van der Waals surface area (Å²) in [5.74, 6) is 1.65. The molecule has 0 spiro atoms. The van der Waals surface area contributed by atoms with Gasteiger partial charge in [0.15, 0.2) is 11.8 Å². The molecule has 1 heterocycles. The minimum absolute atomic E-state index is 0.0130. The predicted octanol–water partition coefficient (Wildman–Crippen LogP) is -0.829. The maximum atomic E-state index is 10.7. The Morgan fingerprint density at radius 2 is 2.05 bits per heavy atom. The van der Waals surface area contributed by atoms with Crippen molar-refractivity contribution < 1.29 is 8.42 Å². The lowest BCUT2D eigenvalue weighted by atomic mass is 10.3. The molecule has 0 saturated heterocycles. The van der Waals surface area contributed by atoms with Gasteiger partial charge in [-0.1, -0.05) is 0 Å². The molecule has 0 bridgehead atoms. The average molecular weight is 331 g/mol. The molecule has 11 heteroatoms. The van der Waals surface area contributed by atoms with Crippen LogP contribution in [-0.4, -0.2) is 30.9 Å². The molecule has 21 heavy (non-hydrogen) atoms. The van der Waals surface area contributed by atoms with E-state index >= 15 is 0 Å². The van der Waals surface area contributed by atoms with E-state index in [0.29, 0.717) is 23.7 Å². The van der Waals surface area contributed by atoms with Crippen LogP contribution in [0.2, 0.25) is 0 Å². The maximum Gasteiger partial charge on any atom is 0.318 e. The van der Waals surface area contributed by atoms with Crippen LogP contribution < -0.4 is 22.3 Å². The highest BCUT2D eigenvalue weighted by Crippen LogP contribution is 2.16. The van der Waals surface area contributed by atoms with E-state index in [1.807, 2.05) is 6.07 Å². The highest BCUT2D eigenvalue weighted by Gasteiger charge is 2.02. The Balaban J connectivity index is 2.47. The van der Waals surface area contributed by atoms with Crippen LogP contribution in [0, 0.1) is 0 Å². The summed E-state index contributed by atoms with van der Waals surface area (Å²) in [6.45, 7) is 0. The number of pyridine rings is 1. The number of nitrogens with two attached hydrogens (primary N) is 4. The first-order valence-corrected chi connectivity index (χ1v) is 8.41. The second-order valence-electron chi connectivity index (χ2n) is 3.96. The molecule has 0 saturated carbocycles. The van der Waals surface area contributed by atoms with Crippen LogP contribution in [0.4, 0.5) is 5.82 Å². The number of amidine groups is 1.